The molecule has 0 bridgehead atoms. The second kappa shape index (κ2) is 12.8. The highest BCUT2D eigenvalue weighted by Crippen LogP contribution is 2.28. The first kappa shape index (κ1) is 26.1. The molecule has 0 radical (unpaired) electrons. The maximum absolute atomic E-state index is 14.8. The number of nitrogens with zero attached hydrogens (tertiary/aromatic N) is 3. The first-order valence-electron chi connectivity index (χ1n) is 11.6. The summed E-state index contributed by atoms with van der Waals surface area (Å²) in [6.45, 7) is 8.38. The molecule has 1 saturated heterocycles. The van der Waals surface area contributed by atoms with Crippen molar-refractivity contribution in [2.45, 2.75) is 19.9 Å². The zero-order valence-electron chi connectivity index (χ0n) is 19.7. The van der Waals surface area contributed by atoms with Crippen molar-refractivity contribution in [1.29, 1.82) is 0 Å². The lowest BCUT2D eigenvalue weighted by molar-refractivity contribution is -0.137. The normalized spacial score (nSPS) is 16.2. The van der Waals surface area contributed by atoms with Crippen molar-refractivity contribution in [3.63, 3.8) is 0 Å². The van der Waals surface area contributed by atoms with Crippen LogP contribution < -0.4 is 14.9 Å². The van der Waals surface area contributed by atoms with Crippen LogP contribution >= 0.6 is 0 Å². The molecular formula is C24H33FN5O3S-. The first-order valence-corrected chi connectivity index (χ1v) is 12.7. The van der Waals surface area contributed by atoms with E-state index in [0.29, 0.717) is 57.2 Å². The molecule has 0 aliphatic carbocycles. The molecule has 1 aliphatic rings. The highest BCUT2D eigenvalue weighted by molar-refractivity contribution is 7.77. The Hall–Kier alpha value is -2.53. The van der Waals surface area contributed by atoms with Gasteiger partial charge in [-0.3, -0.25) is 13.9 Å². The Morgan fingerprint density at radius 3 is 2.35 bits per heavy atom. The van der Waals surface area contributed by atoms with Gasteiger partial charge in [0, 0.05) is 69.3 Å². The van der Waals surface area contributed by atoms with E-state index in [-0.39, 0.29) is 24.3 Å². The molecule has 2 aromatic carbocycles. The molecule has 0 saturated carbocycles. The van der Waals surface area contributed by atoms with Crippen LogP contribution in [0.5, 0.6) is 0 Å². The molecule has 8 nitrogen and oxygen atoms in total. The molecule has 2 unspecified atom stereocenters. The van der Waals surface area contributed by atoms with Crippen LogP contribution in [-0.2, 0) is 16.1 Å². The van der Waals surface area contributed by atoms with Gasteiger partial charge in [-0.15, -0.1) is 0 Å². The minimum absolute atomic E-state index is 0.0987. The van der Waals surface area contributed by atoms with Crippen LogP contribution in [0.2, 0.25) is 0 Å². The smallest absolute Gasteiger partial charge is 0.244 e. The van der Waals surface area contributed by atoms with E-state index in [4.69, 9.17) is 0 Å². The Kier molecular flexibility index (Phi) is 9.82. The highest BCUT2D eigenvalue weighted by Gasteiger charge is 2.33. The van der Waals surface area contributed by atoms with Gasteiger partial charge in [-0.1, -0.05) is 30.3 Å². The summed E-state index contributed by atoms with van der Waals surface area (Å²) in [5, 5.41) is 3.00. The summed E-state index contributed by atoms with van der Waals surface area (Å²) in [7, 11) is 0. The largest absolute Gasteiger partial charge is 0.760 e. The van der Waals surface area contributed by atoms with Crippen molar-refractivity contribution < 1.29 is 17.9 Å². The number of likely N-dealkylation sites (N-methyl/N-ethyl adjacent to an activating group) is 1. The summed E-state index contributed by atoms with van der Waals surface area (Å²) in [4.78, 5) is 19.4. The van der Waals surface area contributed by atoms with Crippen LogP contribution in [0, 0.1) is 5.82 Å². The van der Waals surface area contributed by atoms with E-state index in [2.05, 4.69) is 14.9 Å². The Morgan fingerprint density at radius 1 is 1.09 bits per heavy atom. The molecule has 186 valence electrons. The SMILES string of the molecule is CCN(CC)C(=O)C(c1ccccc1)N1CCN(c2ccc(NCCNS(=O)[O-])cc2F)CC1. The third-order valence-electron chi connectivity index (χ3n) is 6.07. The predicted octanol–water partition coefficient (Wildman–Crippen LogP) is 2.35. The standard InChI is InChI=1S/C24H34FN5O3S/c1-3-28(4-2)24(31)23(19-8-6-5-7-9-19)30-16-14-29(15-17-30)22-11-10-20(18-21(22)25)26-12-13-27-34(32)33/h5-11,18,23,26-27H,3-4,12-17H2,1-2H3,(H,32,33)/p-1. The molecule has 2 atom stereocenters. The van der Waals surface area contributed by atoms with Crippen molar-refractivity contribution in [2.24, 2.45) is 0 Å². The van der Waals surface area contributed by atoms with Gasteiger partial charge in [0.15, 0.2) is 0 Å². The van der Waals surface area contributed by atoms with Gasteiger partial charge in [-0.2, -0.15) is 0 Å². The topological polar surface area (TPSA) is 91.0 Å². The summed E-state index contributed by atoms with van der Waals surface area (Å²) in [6, 6.07) is 14.4. The second-order valence-corrected chi connectivity index (χ2v) is 8.83. The van der Waals surface area contributed by atoms with Crippen molar-refractivity contribution in [1.82, 2.24) is 14.5 Å². The second-order valence-electron chi connectivity index (χ2n) is 8.07. The first-order chi connectivity index (χ1) is 16.4. The monoisotopic (exact) mass is 490 g/mol. The number of carbonyl (C=O) groups excluding carboxylic acids is 1. The minimum atomic E-state index is -2.31. The van der Waals surface area contributed by atoms with E-state index in [9.17, 15) is 17.9 Å². The molecule has 10 heteroatoms. The summed E-state index contributed by atoms with van der Waals surface area (Å²) in [5.74, 6) is -0.237. The van der Waals surface area contributed by atoms with Crippen LogP contribution in [0.4, 0.5) is 15.8 Å². The number of anilines is 2. The minimum Gasteiger partial charge on any atom is -0.760 e. The lowest BCUT2D eigenvalue weighted by atomic mass is 10.0. The van der Waals surface area contributed by atoms with Crippen LogP contribution in [0.3, 0.4) is 0 Å². The fourth-order valence-corrected chi connectivity index (χ4v) is 4.56. The number of amides is 1. The van der Waals surface area contributed by atoms with Gasteiger partial charge in [-0.25, -0.2) is 9.11 Å². The van der Waals surface area contributed by atoms with E-state index in [1.54, 1.807) is 12.1 Å². The maximum atomic E-state index is 14.8. The Bertz CT molecular complexity index is 953. The molecule has 2 N–H and O–H groups in total. The number of benzene rings is 2. The number of carbonyl (C=O) groups is 1. The molecular weight excluding hydrogens is 457 g/mol. The summed E-state index contributed by atoms with van der Waals surface area (Å²) < 4.78 is 38.1. The maximum Gasteiger partial charge on any atom is 0.244 e. The van der Waals surface area contributed by atoms with Crippen molar-refractivity contribution in [3.05, 3.63) is 59.9 Å². The molecule has 0 spiro atoms. The van der Waals surface area contributed by atoms with Gasteiger partial charge in [0.2, 0.25) is 5.91 Å². The van der Waals surface area contributed by atoms with E-state index >= 15 is 0 Å². The van der Waals surface area contributed by atoms with E-state index < -0.39 is 11.3 Å². The number of hydrogen-bond donors (Lipinski definition) is 2. The van der Waals surface area contributed by atoms with Crippen LogP contribution in [-0.4, -0.2) is 76.8 Å². The molecule has 1 amide bonds. The molecule has 3 rings (SSSR count). The van der Waals surface area contributed by atoms with Crippen LogP contribution in [0.25, 0.3) is 0 Å². The molecule has 1 aliphatic heterocycles. The number of rotatable bonds is 11. The predicted molar refractivity (Wildman–Crippen MR) is 133 cm³/mol. The van der Waals surface area contributed by atoms with Crippen LogP contribution in [0.15, 0.2) is 48.5 Å². The van der Waals surface area contributed by atoms with Crippen molar-refractivity contribution >= 4 is 28.5 Å². The van der Waals surface area contributed by atoms with E-state index in [0.717, 1.165) is 5.56 Å². The quantitative estimate of drug-likeness (QED) is 0.371. The van der Waals surface area contributed by atoms with Gasteiger partial charge >= 0.3 is 0 Å². The van der Waals surface area contributed by atoms with Crippen molar-refractivity contribution in [3.8, 4) is 0 Å². The molecule has 2 aromatic rings. The van der Waals surface area contributed by atoms with Gasteiger partial charge in [0.05, 0.1) is 5.69 Å². The van der Waals surface area contributed by atoms with Gasteiger partial charge in [0.1, 0.15) is 11.9 Å². The number of hydrogen-bond acceptors (Lipinski definition) is 6. The third-order valence-corrected chi connectivity index (χ3v) is 6.51. The van der Waals surface area contributed by atoms with Crippen molar-refractivity contribution in [2.75, 3.05) is 62.6 Å². The lowest BCUT2D eigenvalue weighted by Crippen LogP contribution is -2.51. The van der Waals surface area contributed by atoms with Gasteiger partial charge in [0.25, 0.3) is 0 Å². The van der Waals surface area contributed by atoms with E-state index in [1.807, 2.05) is 54.0 Å². The van der Waals surface area contributed by atoms with Crippen LogP contribution in [0.1, 0.15) is 25.5 Å². The fraction of sp³-hybridized carbons (Fsp3) is 0.458. The number of halogens is 1. The summed E-state index contributed by atoms with van der Waals surface area (Å²) in [5.41, 5.74) is 2.09. The fourth-order valence-electron chi connectivity index (χ4n) is 4.29. The lowest BCUT2D eigenvalue weighted by Gasteiger charge is -2.41. The zero-order valence-corrected chi connectivity index (χ0v) is 20.5. The Labute approximate surface area is 203 Å². The molecule has 34 heavy (non-hydrogen) atoms. The molecule has 1 heterocycles. The Morgan fingerprint density at radius 2 is 1.76 bits per heavy atom. The number of piperazine rings is 1. The molecule has 1 fully saturated rings. The van der Waals surface area contributed by atoms with Gasteiger partial charge < -0.3 is 19.7 Å². The van der Waals surface area contributed by atoms with Gasteiger partial charge in [-0.05, 0) is 37.6 Å². The highest BCUT2D eigenvalue weighted by atomic mass is 32.2. The average Bonchev–Trinajstić information content (AvgIpc) is 2.84. The number of nitrogens with one attached hydrogen (secondary N) is 2. The average molecular weight is 491 g/mol. The molecule has 0 aromatic heterocycles. The summed E-state index contributed by atoms with van der Waals surface area (Å²) >= 11 is -2.31. The zero-order chi connectivity index (χ0) is 24.5. The van der Waals surface area contributed by atoms with E-state index in [1.165, 1.54) is 6.07 Å². The third kappa shape index (κ3) is 6.75. The Balaban J connectivity index is 1.65. The summed E-state index contributed by atoms with van der Waals surface area (Å²) in [6.07, 6.45) is 0.